The van der Waals surface area contributed by atoms with Gasteiger partial charge in [-0.05, 0) is 24.1 Å². The average Bonchev–Trinajstić information content (AvgIpc) is 3.03. The van der Waals surface area contributed by atoms with Crippen molar-refractivity contribution < 1.29 is 4.79 Å². The molecule has 2 rings (SSSR count). The molecule has 0 radical (unpaired) electrons. The van der Waals surface area contributed by atoms with Gasteiger partial charge in [-0.25, -0.2) is 4.98 Å². The Balaban J connectivity index is 0.00000288. The van der Waals surface area contributed by atoms with Gasteiger partial charge in [-0.15, -0.1) is 35.3 Å². The predicted molar refractivity (Wildman–Crippen MR) is 109 cm³/mol. The Kier molecular flexibility index (Phi) is 8.69. The molecule has 8 heteroatoms. The van der Waals surface area contributed by atoms with Crippen molar-refractivity contribution in [2.24, 2.45) is 10.7 Å². The molecule has 0 aliphatic carbocycles. The number of hydrogen-bond donors (Lipinski definition) is 3. The summed E-state index contributed by atoms with van der Waals surface area (Å²) >= 11 is 1.70. The van der Waals surface area contributed by atoms with Gasteiger partial charge >= 0.3 is 0 Å². The van der Waals surface area contributed by atoms with E-state index < -0.39 is 5.91 Å². The second-order valence-electron chi connectivity index (χ2n) is 4.91. The van der Waals surface area contributed by atoms with Gasteiger partial charge in [0, 0.05) is 30.2 Å². The van der Waals surface area contributed by atoms with E-state index in [0.717, 1.165) is 17.0 Å². The second-order valence-corrected chi connectivity index (χ2v) is 6.11. The Hall–Kier alpha value is -1.68. The molecular formula is C16H22IN5OS. The highest BCUT2D eigenvalue weighted by Gasteiger charge is 2.04. The topological polar surface area (TPSA) is 92.4 Å². The van der Waals surface area contributed by atoms with Crippen molar-refractivity contribution >= 4 is 47.2 Å². The summed E-state index contributed by atoms with van der Waals surface area (Å²) in [5, 5.41) is 7.50. The van der Waals surface area contributed by atoms with Crippen molar-refractivity contribution in [3.8, 4) is 0 Å². The molecule has 0 saturated carbocycles. The number of amides is 1. The minimum atomic E-state index is -0.420. The van der Waals surface area contributed by atoms with E-state index in [1.807, 2.05) is 18.3 Å². The van der Waals surface area contributed by atoms with E-state index in [4.69, 9.17) is 5.73 Å². The van der Waals surface area contributed by atoms with Crippen molar-refractivity contribution in [2.75, 3.05) is 7.05 Å². The van der Waals surface area contributed by atoms with Crippen molar-refractivity contribution in [1.29, 1.82) is 0 Å². The molecule has 4 N–H and O–H groups in total. The van der Waals surface area contributed by atoms with E-state index in [-0.39, 0.29) is 24.0 Å². The first-order chi connectivity index (χ1) is 11.1. The van der Waals surface area contributed by atoms with Gasteiger partial charge in [-0.3, -0.25) is 9.79 Å². The van der Waals surface area contributed by atoms with Gasteiger partial charge in [0.1, 0.15) is 5.01 Å². The van der Waals surface area contributed by atoms with E-state index in [1.165, 1.54) is 4.88 Å². The van der Waals surface area contributed by atoms with Crippen molar-refractivity contribution in [3.63, 3.8) is 0 Å². The number of nitrogens with two attached hydrogens (primary N) is 1. The lowest BCUT2D eigenvalue weighted by molar-refractivity contribution is 0.100. The van der Waals surface area contributed by atoms with Crippen LogP contribution in [0.5, 0.6) is 0 Å². The van der Waals surface area contributed by atoms with E-state index in [0.29, 0.717) is 24.6 Å². The van der Waals surface area contributed by atoms with Crippen LogP contribution in [0.4, 0.5) is 0 Å². The van der Waals surface area contributed by atoms with Crippen LogP contribution in [0, 0.1) is 0 Å². The van der Waals surface area contributed by atoms with Crippen LogP contribution in [0.15, 0.2) is 35.5 Å². The standard InChI is InChI=1S/C16H21N5OS.HI/c1-3-13-9-19-14(23-13)10-21-16(18-2)20-8-11-4-6-12(7-5-11)15(17)22;/h4-7,9H,3,8,10H2,1-2H3,(H2,17,22)(H2,18,20,21);1H. The molecule has 130 valence electrons. The van der Waals surface area contributed by atoms with Crippen LogP contribution in [0.25, 0.3) is 0 Å². The number of aliphatic imine (C=N–C) groups is 1. The van der Waals surface area contributed by atoms with Crippen LogP contribution >= 0.6 is 35.3 Å². The number of nitrogens with one attached hydrogen (secondary N) is 2. The fourth-order valence-electron chi connectivity index (χ4n) is 1.95. The van der Waals surface area contributed by atoms with Crippen molar-refractivity contribution in [3.05, 3.63) is 51.5 Å². The second kappa shape index (κ2) is 10.2. The summed E-state index contributed by atoms with van der Waals surface area (Å²) in [6.07, 6.45) is 2.92. The number of carbonyl (C=O) groups is 1. The first-order valence-corrected chi connectivity index (χ1v) is 8.21. The lowest BCUT2D eigenvalue weighted by Crippen LogP contribution is -2.36. The number of aromatic nitrogens is 1. The zero-order chi connectivity index (χ0) is 16.7. The molecule has 1 aromatic carbocycles. The summed E-state index contributed by atoms with van der Waals surface area (Å²) in [5.41, 5.74) is 6.77. The Bertz CT molecular complexity index is 684. The predicted octanol–water partition coefficient (Wildman–Crippen LogP) is 2.29. The third-order valence-corrected chi connectivity index (χ3v) is 4.42. The molecule has 0 spiro atoms. The number of halogens is 1. The summed E-state index contributed by atoms with van der Waals surface area (Å²) in [5.74, 6) is 0.286. The van der Waals surface area contributed by atoms with E-state index in [2.05, 4.69) is 27.5 Å². The Morgan fingerprint density at radius 1 is 1.25 bits per heavy atom. The monoisotopic (exact) mass is 459 g/mol. The number of thiazole rings is 1. The molecule has 1 amide bonds. The van der Waals surface area contributed by atoms with Gasteiger partial charge in [-0.2, -0.15) is 0 Å². The molecule has 0 saturated heterocycles. The molecule has 1 aromatic heterocycles. The van der Waals surface area contributed by atoms with Crippen molar-refractivity contribution in [2.45, 2.75) is 26.4 Å². The Labute approximate surface area is 163 Å². The van der Waals surface area contributed by atoms with Gasteiger partial charge in [-0.1, -0.05) is 19.1 Å². The van der Waals surface area contributed by atoms with Crippen molar-refractivity contribution in [1.82, 2.24) is 15.6 Å². The Morgan fingerprint density at radius 3 is 2.46 bits per heavy atom. The van der Waals surface area contributed by atoms with Gasteiger partial charge < -0.3 is 16.4 Å². The lowest BCUT2D eigenvalue weighted by atomic mass is 10.1. The summed E-state index contributed by atoms with van der Waals surface area (Å²) in [6, 6.07) is 7.18. The lowest BCUT2D eigenvalue weighted by Gasteiger charge is -2.11. The zero-order valence-corrected chi connectivity index (χ0v) is 16.9. The number of aryl methyl sites for hydroxylation is 1. The molecule has 2 aromatic rings. The number of primary amides is 1. The van der Waals surface area contributed by atoms with Gasteiger partial charge in [0.15, 0.2) is 5.96 Å². The molecule has 0 fully saturated rings. The number of guanidine groups is 1. The number of carbonyl (C=O) groups excluding carboxylic acids is 1. The maximum atomic E-state index is 11.0. The minimum Gasteiger partial charge on any atom is -0.366 e. The molecule has 0 bridgehead atoms. The molecule has 0 aliphatic rings. The maximum Gasteiger partial charge on any atom is 0.248 e. The number of rotatable bonds is 6. The smallest absolute Gasteiger partial charge is 0.248 e. The highest BCUT2D eigenvalue weighted by Crippen LogP contribution is 2.12. The van der Waals surface area contributed by atoms with Crippen LogP contribution in [0.2, 0.25) is 0 Å². The highest BCUT2D eigenvalue weighted by atomic mass is 127. The molecule has 0 aliphatic heterocycles. The summed E-state index contributed by atoms with van der Waals surface area (Å²) < 4.78 is 0. The maximum absolute atomic E-state index is 11.0. The van der Waals surface area contributed by atoms with E-state index >= 15 is 0 Å². The first-order valence-electron chi connectivity index (χ1n) is 7.39. The average molecular weight is 459 g/mol. The molecule has 24 heavy (non-hydrogen) atoms. The van der Waals surface area contributed by atoms with Gasteiger partial charge in [0.05, 0.1) is 6.54 Å². The summed E-state index contributed by atoms with van der Waals surface area (Å²) in [7, 11) is 1.73. The summed E-state index contributed by atoms with van der Waals surface area (Å²) in [4.78, 5) is 20.9. The minimum absolute atomic E-state index is 0. The highest BCUT2D eigenvalue weighted by molar-refractivity contribution is 14.0. The zero-order valence-electron chi connectivity index (χ0n) is 13.7. The van der Waals surface area contributed by atoms with Crippen LogP contribution in [0.3, 0.4) is 0 Å². The Morgan fingerprint density at radius 2 is 1.92 bits per heavy atom. The first kappa shape index (κ1) is 20.4. The molecular weight excluding hydrogens is 437 g/mol. The van der Waals surface area contributed by atoms with Crippen LogP contribution < -0.4 is 16.4 Å². The van der Waals surface area contributed by atoms with Gasteiger partial charge in [0.2, 0.25) is 5.91 Å². The SMILES string of the molecule is CCc1cnc(CNC(=NC)NCc2ccc(C(N)=O)cc2)s1.I. The van der Waals surface area contributed by atoms with Crippen LogP contribution in [-0.4, -0.2) is 23.9 Å². The largest absolute Gasteiger partial charge is 0.366 e. The fourth-order valence-corrected chi connectivity index (χ4v) is 2.75. The number of nitrogens with zero attached hydrogens (tertiary/aromatic N) is 2. The van der Waals surface area contributed by atoms with E-state index in [1.54, 1.807) is 30.5 Å². The van der Waals surface area contributed by atoms with Gasteiger partial charge in [0.25, 0.3) is 0 Å². The molecule has 1 heterocycles. The molecule has 6 nitrogen and oxygen atoms in total. The van der Waals surface area contributed by atoms with Crippen LogP contribution in [0.1, 0.15) is 32.7 Å². The third kappa shape index (κ3) is 6.08. The summed E-state index contributed by atoms with van der Waals surface area (Å²) in [6.45, 7) is 3.37. The normalized spacial score (nSPS) is 10.8. The fraction of sp³-hybridized carbons (Fsp3) is 0.312. The molecule has 0 atom stereocenters. The van der Waals surface area contributed by atoms with Crippen LogP contribution in [-0.2, 0) is 19.5 Å². The number of benzene rings is 1. The van der Waals surface area contributed by atoms with E-state index in [9.17, 15) is 4.79 Å². The third-order valence-electron chi connectivity index (χ3n) is 3.28. The quantitative estimate of drug-likeness (QED) is 0.351. The number of hydrogen-bond acceptors (Lipinski definition) is 4. The molecule has 0 unspecified atom stereocenters.